The minimum atomic E-state index is -4.45. The molecule has 2 aromatic rings. The molecule has 0 unspecified atom stereocenters. The molecule has 0 atom stereocenters. The Kier molecular flexibility index (Phi) is 6.56. The quantitative estimate of drug-likeness (QED) is 0.717. The highest BCUT2D eigenvalue weighted by Crippen LogP contribution is 2.33. The third-order valence-electron chi connectivity index (χ3n) is 3.40. The van der Waals surface area contributed by atoms with Gasteiger partial charge in [0, 0.05) is 24.5 Å². The fourth-order valence-electron chi connectivity index (χ4n) is 2.07. The molecule has 2 rings (SSSR count). The van der Waals surface area contributed by atoms with Gasteiger partial charge in [0.1, 0.15) is 0 Å². The van der Waals surface area contributed by atoms with E-state index in [1.54, 1.807) is 18.2 Å². The molecule has 3 nitrogen and oxygen atoms in total. The first-order chi connectivity index (χ1) is 11.8. The highest BCUT2D eigenvalue weighted by molar-refractivity contribution is 6.33. The third-order valence-corrected chi connectivity index (χ3v) is 4.09. The van der Waals surface area contributed by atoms with Crippen molar-refractivity contribution in [1.29, 1.82) is 0 Å². The average Bonchev–Trinajstić information content (AvgIpc) is 2.55. The summed E-state index contributed by atoms with van der Waals surface area (Å²) in [6, 6.07) is 10.1. The number of rotatable bonds is 6. The van der Waals surface area contributed by atoms with E-state index in [9.17, 15) is 18.0 Å². The summed E-state index contributed by atoms with van der Waals surface area (Å²) >= 11 is 11.9. The number of hydrogen-bond acceptors (Lipinski definition) is 2. The van der Waals surface area contributed by atoms with Crippen LogP contribution in [-0.2, 0) is 17.5 Å². The molecule has 0 aliphatic heterocycles. The van der Waals surface area contributed by atoms with Gasteiger partial charge in [-0.3, -0.25) is 4.79 Å². The summed E-state index contributed by atoms with van der Waals surface area (Å²) < 4.78 is 38.1. The van der Waals surface area contributed by atoms with Crippen molar-refractivity contribution < 1.29 is 18.0 Å². The lowest BCUT2D eigenvalue weighted by Gasteiger charge is -2.12. The molecular weight excluding hydrogens is 376 g/mol. The molecule has 134 valence electrons. The molecule has 0 fully saturated rings. The van der Waals surface area contributed by atoms with Crippen LogP contribution in [0, 0.1) is 0 Å². The van der Waals surface area contributed by atoms with Crippen molar-refractivity contribution in [2.24, 2.45) is 0 Å². The van der Waals surface area contributed by atoms with Gasteiger partial charge >= 0.3 is 6.18 Å². The predicted octanol–water partition coefficient (Wildman–Crippen LogP) is 5.13. The number of halogens is 5. The number of anilines is 1. The average molecular weight is 391 g/mol. The number of carbonyl (C=O) groups excluding carboxylic acids is 1. The van der Waals surface area contributed by atoms with Crippen LogP contribution in [0.2, 0.25) is 10.0 Å². The van der Waals surface area contributed by atoms with Gasteiger partial charge < -0.3 is 10.6 Å². The van der Waals surface area contributed by atoms with E-state index in [0.717, 1.165) is 17.7 Å². The number of alkyl halides is 3. The lowest BCUT2D eigenvalue weighted by atomic mass is 10.2. The SMILES string of the molecule is O=C(CCNc1cc(C(F)(F)F)ccc1Cl)NCc1ccccc1Cl. The molecule has 0 heterocycles. The van der Waals surface area contributed by atoms with Crippen molar-refractivity contribution in [2.75, 3.05) is 11.9 Å². The van der Waals surface area contributed by atoms with Gasteiger partial charge in [0.05, 0.1) is 16.3 Å². The number of hydrogen-bond donors (Lipinski definition) is 2. The van der Waals surface area contributed by atoms with Gasteiger partial charge in [-0.15, -0.1) is 0 Å². The highest BCUT2D eigenvalue weighted by Gasteiger charge is 2.30. The van der Waals surface area contributed by atoms with Gasteiger partial charge in [0.2, 0.25) is 5.91 Å². The van der Waals surface area contributed by atoms with E-state index in [1.165, 1.54) is 6.07 Å². The molecule has 0 aliphatic carbocycles. The lowest BCUT2D eigenvalue weighted by molar-refractivity contribution is -0.137. The predicted molar refractivity (Wildman–Crippen MR) is 92.9 cm³/mol. The maximum Gasteiger partial charge on any atom is 0.416 e. The smallest absolute Gasteiger partial charge is 0.383 e. The Labute approximate surface area is 153 Å². The summed E-state index contributed by atoms with van der Waals surface area (Å²) in [5.41, 5.74) is 0.115. The van der Waals surface area contributed by atoms with E-state index < -0.39 is 11.7 Å². The van der Waals surface area contributed by atoms with Gasteiger partial charge in [0.15, 0.2) is 0 Å². The first-order valence-electron chi connectivity index (χ1n) is 7.38. The normalized spacial score (nSPS) is 11.2. The Morgan fingerprint density at radius 3 is 2.44 bits per heavy atom. The molecule has 0 aliphatic rings. The monoisotopic (exact) mass is 390 g/mol. The van der Waals surface area contributed by atoms with Crippen molar-refractivity contribution in [1.82, 2.24) is 5.32 Å². The van der Waals surface area contributed by atoms with Crippen LogP contribution in [0.5, 0.6) is 0 Å². The molecule has 0 saturated carbocycles. The van der Waals surface area contributed by atoms with Gasteiger partial charge in [0.25, 0.3) is 0 Å². The van der Waals surface area contributed by atoms with Crippen LogP contribution in [0.1, 0.15) is 17.5 Å². The van der Waals surface area contributed by atoms with Gasteiger partial charge in [-0.2, -0.15) is 13.2 Å². The second kappa shape index (κ2) is 8.45. The first kappa shape index (κ1) is 19.4. The van der Waals surface area contributed by atoms with Crippen molar-refractivity contribution >= 4 is 34.8 Å². The fraction of sp³-hybridized carbons (Fsp3) is 0.235. The molecule has 0 saturated heterocycles. The second-order valence-corrected chi connectivity index (χ2v) is 6.05. The fourth-order valence-corrected chi connectivity index (χ4v) is 2.46. The maximum absolute atomic E-state index is 12.7. The molecular formula is C17H15Cl2F3N2O. The standard InChI is InChI=1S/C17H15Cl2F3N2O/c18-13-4-2-1-3-11(13)10-24-16(25)7-8-23-15-9-12(17(20,21)22)5-6-14(15)19/h1-6,9,23H,7-8,10H2,(H,24,25). The van der Waals surface area contributed by atoms with Crippen molar-refractivity contribution in [3.8, 4) is 0 Å². The van der Waals surface area contributed by atoms with E-state index in [-0.39, 0.29) is 36.1 Å². The van der Waals surface area contributed by atoms with Gasteiger partial charge in [-0.1, -0.05) is 41.4 Å². The molecule has 1 amide bonds. The first-order valence-corrected chi connectivity index (χ1v) is 8.13. The van der Waals surface area contributed by atoms with Crippen LogP contribution in [-0.4, -0.2) is 12.5 Å². The van der Waals surface area contributed by atoms with Gasteiger partial charge in [-0.25, -0.2) is 0 Å². The van der Waals surface area contributed by atoms with E-state index >= 15 is 0 Å². The molecule has 0 spiro atoms. The van der Waals surface area contributed by atoms with Crippen LogP contribution < -0.4 is 10.6 Å². The minimum absolute atomic E-state index is 0.0804. The zero-order valence-corrected chi connectivity index (χ0v) is 14.5. The highest BCUT2D eigenvalue weighted by atomic mass is 35.5. The summed E-state index contributed by atoms with van der Waals surface area (Å²) in [5, 5.41) is 6.16. The number of carbonyl (C=O) groups is 1. The second-order valence-electron chi connectivity index (χ2n) is 5.24. The third kappa shape index (κ3) is 5.83. The van der Waals surface area contributed by atoms with Crippen LogP contribution >= 0.6 is 23.2 Å². The summed E-state index contributed by atoms with van der Waals surface area (Å²) in [4.78, 5) is 11.8. The Hall–Kier alpha value is -1.92. The van der Waals surface area contributed by atoms with E-state index in [4.69, 9.17) is 23.2 Å². The Balaban J connectivity index is 1.84. The number of amides is 1. The van der Waals surface area contributed by atoms with E-state index in [2.05, 4.69) is 10.6 Å². The van der Waals surface area contributed by atoms with E-state index in [0.29, 0.717) is 5.02 Å². The Morgan fingerprint density at radius 2 is 1.76 bits per heavy atom. The zero-order valence-electron chi connectivity index (χ0n) is 13.0. The molecule has 0 aromatic heterocycles. The maximum atomic E-state index is 12.7. The molecule has 8 heteroatoms. The van der Waals surface area contributed by atoms with E-state index in [1.807, 2.05) is 6.07 Å². The summed E-state index contributed by atoms with van der Waals surface area (Å²) in [6.07, 6.45) is -4.37. The van der Waals surface area contributed by atoms with Crippen LogP contribution in [0.25, 0.3) is 0 Å². The molecule has 2 N–H and O–H groups in total. The Morgan fingerprint density at radius 1 is 1.04 bits per heavy atom. The van der Waals surface area contributed by atoms with Crippen LogP contribution in [0.3, 0.4) is 0 Å². The zero-order chi connectivity index (χ0) is 18.4. The van der Waals surface area contributed by atoms with Crippen molar-refractivity contribution in [2.45, 2.75) is 19.1 Å². The Bertz CT molecular complexity index is 751. The number of benzene rings is 2. The van der Waals surface area contributed by atoms with Crippen molar-refractivity contribution in [3.63, 3.8) is 0 Å². The summed E-state index contributed by atoms with van der Waals surface area (Å²) in [7, 11) is 0. The molecule has 0 bridgehead atoms. The lowest BCUT2D eigenvalue weighted by Crippen LogP contribution is -2.25. The molecule has 0 radical (unpaired) electrons. The number of nitrogens with one attached hydrogen (secondary N) is 2. The molecule has 2 aromatic carbocycles. The largest absolute Gasteiger partial charge is 0.416 e. The van der Waals surface area contributed by atoms with Crippen molar-refractivity contribution in [3.05, 3.63) is 63.6 Å². The van der Waals surface area contributed by atoms with Crippen LogP contribution in [0.15, 0.2) is 42.5 Å². The minimum Gasteiger partial charge on any atom is -0.383 e. The topological polar surface area (TPSA) is 41.1 Å². The summed E-state index contributed by atoms with van der Waals surface area (Å²) in [6.45, 7) is 0.429. The van der Waals surface area contributed by atoms with Crippen LogP contribution in [0.4, 0.5) is 18.9 Å². The van der Waals surface area contributed by atoms with Gasteiger partial charge in [-0.05, 0) is 29.8 Å². The molecule has 25 heavy (non-hydrogen) atoms. The summed E-state index contributed by atoms with van der Waals surface area (Å²) in [5.74, 6) is -0.254.